The summed E-state index contributed by atoms with van der Waals surface area (Å²) >= 11 is 0. The summed E-state index contributed by atoms with van der Waals surface area (Å²) in [5.74, 6) is 0. The first-order chi connectivity index (χ1) is 33.1. The molecule has 0 N–H and O–H groups in total. The van der Waals surface area contributed by atoms with Crippen molar-refractivity contribution in [3.8, 4) is 11.1 Å². The summed E-state index contributed by atoms with van der Waals surface area (Å²) in [6.45, 7) is 23.0. The summed E-state index contributed by atoms with van der Waals surface area (Å²) in [6.07, 6.45) is 4.15. The molecule has 7 aromatic carbocycles. The van der Waals surface area contributed by atoms with Crippen molar-refractivity contribution in [2.75, 3.05) is 14.7 Å². The summed E-state index contributed by atoms with van der Waals surface area (Å²) in [4.78, 5) is 7.75. The fraction of sp³-hybridized carbons (Fsp3) is 0.311. The van der Waals surface area contributed by atoms with Gasteiger partial charge in [0, 0.05) is 45.0 Å². The monoisotopic (exact) mass is 853 g/mol. The third-order valence-corrected chi connectivity index (χ3v) is 16.6. The molecule has 4 heteroatoms. The van der Waals surface area contributed by atoms with Crippen LogP contribution < -0.4 is 31.1 Å². The van der Waals surface area contributed by atoms with Crippen LogP contribution in [0.3, 0.4) is 0 Å². The van der Waals surface area contributed by atoms with Crippen LogP contribution in [0.5, 0.6) is 0 Å². The van der Waals surface area contributed by atoms with Crippen molar-refractivity contribution in [3.63, 3.8) is 0 Å². The van der Waals surface area contributed by atoms with Crippen LogP contribution in [-0.4, -0.2) is 12.3 Å². The minimum Gasteiger partial charge on any atom is -0.335 e. The fourth-order valence-electron chi connectivity index (χ4n) is 12.8. The van der Waals surface area contributed by atoms with Gasteiger partial charge >= 0.3 is 0 Å². The molecular weight excluding hydrogens is 786 g/mol. The second kappa shape index (κ2) is 13.5. The predicted molar refractivity (Wildman–Crippen MR) is 278 cm³/mol. The SMILES string of the molecule is [2H]c1c([2H])c([2H])c(-c2cc3c4c(c2)C2(C)CCCCC2(C)N4c2cc(N(c4ccc(C(C)(C)C)cc4)c4ccc(C(C)(C)C)cc4)cc4c2B3c2cccc3c2N4c2ccccc2C3(C)C)c([2H])c1[2H]. The Hall–Kier alpha value is -6.00. The van der Waals surface area contributed by atoms with Gasteiger partial charge in [-0.1, -0.05) is 172 Å². The molecule has 4 aliphatic heterocycles. The van der Waals surface area contributed by atoms with Crippen molar-refractivity contribution in [2.24, 2.45) is 0 Å². The summed E-state index contributed by atoms with van der Waals surface area (Å²) in [5, 5.41) is 0. The zero-order valence-electron chi connectivity index (χ0n) is 44.7. The quantitative estimate of drug-likeness (QED) is 0.163. The van der Waals surface area contributed by atoms with Gasteiger partial charge in [-0.15, -0.1) is 0 Å². The Labute approximate surface area is 395 Å². The van der Waals surface area contributed by atoms with E-state index in [0.29, 0.717) is 5.56 Å². The van der Waals surface area contributed by atoms with Crippen LogP contribution in [0.1, 0.15) is 130 Å². The van der Waals surface area contributed by atoms with E-state index in [1.165, 1.54) is 61.5 Å². The molecule has 324 valence electrons. The summed E-state index contributed by atoms with van der Waals surface area (Å²) in [5.41, 5.74) is 19.1. The van der Waals surface area contributed by atoms with Gasteiger partial charge in [0.25, 0.3) is 6.71 Å². The lowest BCUT2D eigenvalue weighted by Gasteiger charge is -2.54. The molecule has 1 aliphatic carbocycles. The molecule has 2 unspecified atom stereocenters. The average molecular weight is 853 g/mol. The highest BCUT2D eigenvalue weighted by Crippen LogP contribution is 2.63. The number of hydrogen-bond donors (Lipinski definition) is 0. The molecule has 3 nitrogen and oxygen atoms in total. The Morgan fingerprint density at radius 1 is 0.554 bits per heavy atom. The lowest BCUT2D eigenvalue weighted by Crippen LogP contribution is -2.65. The average Bonchev–Trinajstić information content (AvgIpc) is 3.54. The van der Waals surface area contributed by atoms with Crippen molar-refractivity contribution in [3.05, 3.63) is 173 Å². The normalized spacial score (nSPS) is 21.8. The highest BCUT2D eigenvalue weighted by Gasteiger charge is 2.62. The highest BCUT2D eigenvalue weighted by molar-refractivity contribution is 7.00. The first-order valence-corrected chi connectivity index (χ1v) is 23.9. The van der Waals surface area contributed by atoms with E-state index < -0.39 is 0 Å². The molecule has 7 aromatic rings. The Bertz CT molecular complexity index is 3300. The number of fused-ring (bicyclic) bond motifs is 9. The number of benzene rings is 7. The van der Waals surface area contributed by atoms with Crippen LogP contribution in [0, 0.1) is 0 Å². The van der Waals surface area contributed by atoms with Gasteiger partial charge in [-0.05, 0) is 134 Å². The summed E-state index contributed by atoms with van der Waals surface area (Å²) in [7, 11) is 0. The van der Waals surface area contributed by atoms with Crippen molar-refractivity contribution in [2.45, 2.75) is 122 Å². The minimum absolute atomic E-state index is 0.00536. The molecule has 65 heavy (non-hydrogen) atoms. The minimum atomic E-state index is -0.371. The zero-order chi connectivity index (χ0) is 49.4. The molecule has 0 spiro atoms. The Kier molecular flexibility index (Phi) is 7.35. The van der Waals surface area contributed by atoms with Gasteiger partial charge in [-0.3, -0.25) is 0 Å². The second-order valence-electron chi connectivity index (χ2n) is 22.6. The van der Waals surface area contributed by atoms with E-state index in [-0.39, 0.29) is 69.7 Å². The molecule has 0 radical (unpaired) electrons. The molecule has 1 fully saturated rings. The van der Waals surface area contributed by atoms with Crippen LogP contribution in [0.25, 0.3) is 11.1 Å². The van der Waals surface area contributed by atoms with Crippen LogP contribution in [0.15, 0.2) is 145 Å². The van der Waals surface area contributed by atoms with Gasteiger partial charge in [0.15, 0.2) is 0 Å². The van der Waals surface area contributed by atoms with Gasteiger partial charge in [-0.2, -0.15) is 0 Å². The maximum atomic E-state index is 9.29. The number of anilines is 8. The van der Waals surface area contributed by atoms with Gasteiger partial charge in [0.2, 0.25) is 0 Å². The first kappa shape index (κ1) is 35.3. The number of para-hydroxylation sites is 2. The van der Waals surface area contributed by atoms with Crippen LogP contribution in [0.2, 0.25) is 0 Å². The number of nitrogens with zero attached hydrogens (tertiary/aromatic N) is 3. The fourth-order valence-corrected chi connectivity index (χ4v) is 12.8. The van der Waals surface area contributed by atoms with Crippen molar-refractivity contribution >= 4 is 68.6 Å². The molecular formula is C61H62BN3. The molecule has 0 amide bonds. The van der Waals surface area contributed by atoms with E-state index in [0.717, 1.165) is 53.9 Å². The van der Waals surface area contributed by atoms with E-state index in [1.807, 2.05) is 0 Å². The zero-order valence-corrected chi connectivity index (χ0v) is 39.7. The number of hydrogen-bond acceptors (Lipinski definition) is 3. The standard InChI is InChI=1S/C61H62BN3/c1-57(2,3)41-25-29-43(30-26-41)63(44-31-27-42(28-32-44)58(4,5)6)45-37-52-54-53(38-45)65-56-48(60(9)33-16-17-34-61(60,65)10)35-40(39-19-12-11-13-20-39)36-50(56)62(54)49-23-18-22-47-55(49)64(52)51-24-15-14-21-46(51)59(47,7)8/h11-15,18-32,35-38H,16-17,33-34H2,1-10H3/i11D,12D,13D,19D,20D. The largest absolute Gasteiger partial charge is 0.335 e. The van der Waals surface area contributed by atoms with Crippen molar-refractivity contribution < 1.29 is 6.85 Å². The first-order valence-electron chi connectivity index (χ1n) is 26.4. The van der Waals surface area contributed by atoms with E-state index in [9.17, 15) is 2.74 Å². The molecule has 4 heterocycles. The van der Waals surface area contributed by atoms with Crippen LogP contribution in [0.4, 0.5) is 45.5 Å². The highest BCUT2D eigenvalue weighted by atomic mass is 15.3. The lowest BCUT2D eigenvalue weighted by molar-refractivity contribution is 0.195. The van der Waals surface area contributed by atoms with Gasteiger partial charge in [0.05, 0.1) is 23.8 Å². The van der Waals surface area contributed by atoms with Gasteiger partial charge in [-0.25, -0.2) is 0 Å². The Morgan fingerprint density at radius 3 is 1.83 bits per heavy atom. The summed E-state index contributed by atoms with van der Waals surface area (Å²) in [6, 6.07) is 42.2. The molecule has 5 aliphatic rings. The number of rotatable bonds is 4. The van der Waals surface area contributed by atoms with E-state index in [1.54, 1.807) is 0 Å². The maximum absolute atomic E-state index is 9.29. The second-order valence-corrected chi connectivity index (χ2v) is 22.6. The van der Waals surface area contributed by atoms with E-state index in [4.69, 9.17) is 4.11 Å². The smallest absolute Gasteiger partial charge is 0.252 e. The van der Waals surface area contributed by atoms with Crippen molar-refractivity contribution in [1.29, 1.82) is 0 Å². The lowest BCUT2D eigenvalue weighted by atomic mass is 9.33. The van der Waals surface area contributed by atoms with Gasteiger partial charge in [0.1, 0.15) is 0 Å². The topological polar surface area (TPSA) is 9.72 Å². The molecule has 0 saturated heterocycles. The molecule has 2 atom stereocenters. The Balaban J connectivity index is 1.22. The summed E-state index contributed by atoms with van der Waals surface area (Å²) < 4.78 is 44.7. The van der Waals surface area contributed by atoms with E-state index >= 15 is 0 Å². The maximum Gasteiger partial charge on any atom is 0.252 e. The molecule has 1 saturated carbocycles. The van der Waals surface area contributed by atoms with Gasteiger partial charge < -0.3 is 14.7 Å². The predicted octanol–water partition coefficient (Wildman–Crippen LogP) is 14.4. The molecule has 0 aromatic heterocycles. The molecule has 0 bridgehead atoms. The third kappa shape index (κ3) is 5.55. The van der Waals surface area contributed by atoms with Crippen LogP contribution in [-0.2, 0) is 21.7 Å². The van der Waals surface area contributed by atoms with Crippen molar-refractivity contribution in [1.82, 2.24) is 0 Å². The Morgan fingerprint density at radius 2 is 1.17 bits per heavy atom. The molecule has 12 rings (SSSR count). The van der Waals surface area contributed by atoms with Crippen LogP contribution >= 0.6 is 0 Å². The third-order valence-electron chi connectivity index (χ3n) is 16.6. The van der Waals surface area contributed by atoms with E-state index in [2.05, 4.69) is 199 Å².